The highest BCUT2D eigenvalue weighted by molar-refractivity contribution is 5.80. The molecular formula is C12H19NO3. The zero-order valence-corrected chi connectivity index (χ0v) is 9.74. The first-order valence-corrected chi connectivity index (χ1v) is 6.02. The smallest absolute Gasteiger partial charge is 0.311 e. The molecule has 1 N–H and O–H groups in total. The van der Waals surface area contributed by atoms with Gasteiger partial charge >= 0.3 is 5.97 Å². The zero-order chi connectivity index (χ0) is 11.8. The average Bonchev–Trinajstić information content (AvgIpc) is 2.56. The number of carboxylic acids is 1. The lowest BCUT2D eigenvalue weighted by molar-refractivity contribution is -0.147. The molecule has 1 heterocycles. The van der Waals surface area contributed by atoms with Crippen LogP contribution >= 0.6 is 0 Å². The van der Waals surface area contributed by atoms with Crippen LogP contribution in [0, 0.1) is 11.3 Å². The molecule has 0 spiro atoms. The first kappa shape index (κ1) is 11.4. The third kappa shape index (κ3) is 2.06. The van der Waals surface area contributed by atoms with Gasteiger partial charge < -0.3 is 10.0 Å². The molecule has 1 aliphatic heterocycles. The maximum absolute atomic E-state index is 11.9. The van der Waals surface area contributed by atoms with Gasteiger partial charge in [0.05, 0.1) is 5.41 Å². The molecule has 0 aromatic rings. The van der Waals surface area contributed by atoms with Crippen molar-refractivity contribution < 1.29 is 14.7 Å². The summed E-state index contributed by atoms with van der Waals surface area (Å²) in [4.78, 5) is 24.7. The number of rotatable bonds is 3. The molecule has 1 amide bonds. The van der Waals surface area contributed by atoms with Crippen molar-refractivity contribution >= 4 is 11.9 Å². The van der Waals surface area contributed by atoms with Gasteiger partial charge in [0.1, 0.15) is 0 Å². The number of carbonyl (C=O) groups excluding carboxylic acids is 1. The van der Waals surface area contributed by atoms with E-state index < -0.39 is 11.4 Å². The van der Waals surface area contributed by atoms with Crippen molar-refractivity contribution in [2.75, 3.05) is 13.1 Å². The highest BCUT2D eigenvalue weighted by Gasteiger charge is 2.42. The van der Waals surface area contributed by atoms with Crippen LogP contribution in [0.25, 0.3) is 0 Å². The molecule has 2 rings (SSSR count). The second kappa shape index (κ2) is 4.07. The second-order valence-electron chi connectivity index (χ2n) is 5.43. The molecule has 4 nitrogen and oxygen atoms in total. The molecule has 1 aliphatic carbocycles. The molecule has 1 saturated carbocycles. The quantitative estimate of drug-likeness (QED) is 0.791. The maximum atomic E-state index is 11.9. The number of hydrogen-bond acceptors (Lipinski definition) is 2. The van der Waals surface area contributed by atoms with Crippen LogP contribution in [0.5, 0.6) is 0 Å². The monoisotopic (exact) mass is 225 g/mol. The Bertz CT molecular complexity index is 311. The lowest BCUT2D eigenvalue weighted by Gasteiger charge is -2.27. The van der Waals surface area contributed by atoms with Crippen LogP contribution in [0.3, 0.4) is 0 Å². The van der Waals surface area contributed by atoms with E-state index in [2.05, 4.69) is 0 Å². The predicted octanol–water partition coefficient (Wildman–Crippen LogP) is 1.50. The molecule has 0 aromatic carbocycles. The van der Waals surface area contributed by atoms with E-state index >= 15 is 0 Å². The Hall–Kier alpha value is -1.06. The van der Waals surface area contributed by atoms with Gasteiger partial charge in [-0.3, -0.25) is 9.59 Å². The van der Waals surface area contributed by atoms with Crippen LogP contribution in [0.15, 0.2) is 0 Å². The lowest BCUT2D eigenvalue weighted by atomic mass is 9.82. The second-order valence-corrected chi connectivity index (χ2v) is 5.43. The minimum Gasteiger partial charge on any atom is -0.481 e. The summed E-state index contributed by atoms with van der Waals surface area (Å²) in [6, 6.07) is 0. The maximum Gasteiger partial charge on any atom is 0.311 e. The van der Waals surface area contributed by atoms with E-state index in [-0.39, 0.29) is 5.91 Å². The molecule has 16 heavy (non-hydrogen) atoms. The number of aliphatic carboxylic acids is 1. The van der Waals surface area contributed by atoms with Gasteiger partial charge in [0, 0.05) is 19.5 Å². The van der Waals surface area contributed by atoms with Crippen LogP contribution in [-0.2, 0) is 9.59 Å². The predicted molar refractivity (Wildman–Crippen MR) is 58.9 cm³/mol. The topological polar surface area (TPSA) is 57.6 Å². The van der Waals surface area contributed by atoms with Crippen LogP contribution in [0.4, 0.5) is 0 Å². The minimum absolute atomic E-state index is 0.148. The van der Waals surface area contributed by atoms with Crippen molar-refractivity contribution in [1.29, 1.82) is 0 Å². The third-order valence-electron chi connectivity index (χ3n) is 4.03. The van der Waals surface area contributed by atoms with Gasteiger partial charge in [-0.15, -0.1) is 0 Å². The summed E-state index contributed by atoms with van der Waals surface area (Å²) in [5.74, 6) is -0.0784. The van der Waals surface area contributed by atoms with Crippen LogP contribution in [0.1, 0.15) is 39.0 Å². The van der Waals surface area contributed by atoms with Gasteiger partial charge in [-0.25, -0.2) is 0 Å². The van der Waals surface area contributed by atoms with Crippen molar-refractivity contribution in [2.24, 2.45) is 11.3 Å². The summed E-state index contributed by atoms with van der Waals surface area (Å²) < 4.78 is 0. The summed E-state index contributed by atoms with van der Waals surface area (Å²) >= 11 is 0. The van der Waals surface area contributed by atoms with Gasteiger partial charge in [0.2, 0.25) is 5.91 Å². The van der Waals surface area contributed by atoms with Gasteiger partial charge in [0.15, 0.2) is 0 Å². The average molecular weight is 225 g/mol. The molecule has 1 unspecified atom stereocenters. The van der Waals surface area contributed by atoms with E-state index in [4.69, 9.17) is 5.11 Å². The van der Waals surface area contributed by atoms with Crippen molar-refractivity contribution in [3.63, 3.8) is 0 Å². The van der Waals surface area contributed by atoms with E-state index in [1.165, 1.54) is 6.42 Å². The lowest BCUT2D eigenvalue weighted by Crippen LogP contribution is -2.36. The Balaban J connectivity index is 1.87. The molecule has 1 saturated heterocycles. The van der Waals surface area contributed by atoms with Gasteiger partial charge in [-0.2, -0.15) is 0 Å². The normalized spacial score (nSPS) is 30.2. The van der Waals surface area contributed by atoms with Crippen molar-refractivity contribution in [3.8, 4) is 0 Å². The van der Waals surface area contributed by atoms with Crippen LogP contribution < -0.4 is 0 Å². The highest BCUT2D eigenvalue weighted by atomic mass is 16.4. The summed E-state index contributed by atoms with van der Waals surface area (Å²) in [6.07, 6.45) is 4.77. The van der Waals surface area contributed by atoms with Crippen LogP contribution in [0.2, 0.25) is 0 Å². The van der Waals surface area contributed by atoms with Crippen molar-refractivity contribution in [1.82, 2.24) is 4.90 Å². The summed E-state index contributed by atoms with van der Waals surface area (Å²) in [5, 5.41) is 9.07. The fourth-order valence-corrected chi connectivity index (χ4v) is 2.42. The Kier molecular flexibility index (Phi) is 2.91. The summed E-state index contributed by atoms with van der Waals surface area (Å²) in [7, 11) is 0. The van der Waals surface area contributed by atoms with Crippen molar-refractivity contribution in [3.05, 3.63) is 0 Å². The number of carbonyl (C=O) groups is 2. The molecule has 0 radical (unpaired) electrons. The zero-order valence-electron chi connectivity index (χ0n) is 9.74. The highest BCUT2D eigenvalue weighted by Crippen LogP contribution is 2.33. The molecule has 2 aliphatic rings. The molecule has 0 aromatic heterocycles. The number of nitrogens with zero attached hydrogens (tertiary/aromatic N) is 1. The number of likely N-dealkylation sites (tertiary alicyclic amines) is 1. The number of amides is 1. The van der Waals surface area contributed by atoms with E-state index in [0.717, 1.165) is 12.8 Å². The van der Waals surface area contributed by atoms with E-state index in [1.54, 1.807) is 11.8 Å². The van der Waals surface area contributed by atoms with E-state index in [1.807, 2.05) is 0 Å². The van der Waals surface area contributed by atoms with E-state index in [0.29, 0.717) is 31.8 Å². The fourth-order valence-electron chi connectivity index (χ4n) is 2.42. The molecule has 4 heteroatoms. The Labute approximate surface area is 95.6 Å². The minimum atomic E-state index is -0.786. The molecule has 0 bridgehead atoms. The van der Waals surface area contributed by atoms with Gasteiger partial charge in [0.25, 0.3) is 0 Å². The van der Waals surface area contributed by atoms with Crippen molar-refractivity contribution in [2.45, 2.75) is 39.0 Å². The Morgan fingerprint density at radius 2 is 2.12 bits per heavy atom. The fraction of sp³-hybridized carbons (Fsp3) is 0.833. The standard InChI is InChI=1S/C12H19NO3/c1-12(11(15)16)5-6-13(8-12)10(14)7-9-3-2-4-9/h9H,2-8H2,1H3,(H,15,16). The SMILES string of the molecule is CC1(C(=O)O)CCN(C(=O)CC2CCC2)C1. The molecule has 1 atom stereocenters. The molecular weight excluding hydrogens is 206 g/mol. The third-order valence-corrected chi connectivity index (χ3v) is 4.03. The van der Waals surface area contributed by atoms with Gasteiger partial charge in [-0.1, -0.05) is 6.42 Å². The number of carboxylic acid groups (broad SMARTS) is 1. The summed E-state index contributed by atoms with van der Waals surface area (Å²) in [6.45, 7) is 2.72. The van der Waals surface area contributed by atoms with Gasteiger partial charge in [-0.05, 0) is 32.1 Å². The number of hydrogen-bond donors (Lipinski definition) is 1. The first-order valence-electron chi connectivity index (χ1n) is 6.02. The Morgan fingerprint density at radius 1 is 1.44 bits per heavy atom. The largest absolute Gasteiger partial charge is 0.481 e. The first-order chi connectivity index (χ1) is 7.51. The summed E-state index contributed by atoms with van der Waals surface area (Å²) in [5.41, 5.74) is -0.727. The van der Waals surface area contributed by atoms with Crippen LogP contribution in [-0.4, -0.2) is 35.0 Å². The molecule has 2 fully saturated rings. The molecule has 90 valence electrons. The van der Waals surface area contributed by atoms with E-state index in [9.17, 15) is 9.59 Å². The Morgan fingerprint density at radius 3 is 2.56 bits per heavy atom.